The molecule has 0 aliphatic heterocycles. The first-order valence-electron chi connectivity index (χ1n) is 3.70. The van der Waals surface area contributed by atoms with Crippen LogP contribution in [0.5, 0.6) is 0 Å². The van der Waals surface area contributed by atoms with Gasteiger partial charge in [0, 0.05) is 13.0 Å². The molecule has 1 radical (unpaired) electrons. The summed E-state index contributed by atoms with van der Waals surface area (Å²) in [6.07, 6.45) is 4.41. The monoisotopic (exact) mass is 143 g/mol. The van der Waals surface area contributed by atoms with E-state index >= 15 is 0 Å². The Morgan fingerprint density at radius 3 is 2.30 bits per heavy atom. The maximum atomic E-state index is 10.2. The van der Waals surface area contributed by atoms with Crippen molar-refractivity contribution >= 4 is 5.91 Å². The van der Waals surface area contributed by atoms with Gasteiger partial charge in [0.15, 0.2) is 0 Å². The average Bonchev–Trinajstić information content (AvgIpc) is 1.87. The SMILES string of the molecule is [NH]CCCCCCC(N)=O. The number of nitrogens with two attached hydrogens (primary N) is 1. The Morgan fingerprint density at radius 2 is 1.80 bits per heavy atom. The molecule has 0 aliphatic rings. The van der Waals surface area contributed by atoms with Gasteiger partial charge in [-0.15, -0.1) is 0 Å². The van der Waals surface area contributed by atoms with E-state index in [0.717, 1.165) is 25.7 Å². The Kier molecular flexibility index (Phi) is 6.18. The quantitative estimate of drug-likeness (QED) is 0.546. The van der Waals surface area contributed by atoms with Crippen LogP contribution in [0.1, 0.15) is 32.1 Å². The van der Waals surface area contributed by atoms with Gasteiger partial charge in [0.25, 0.3) is 0 Å². The zero-order chi connectivity index (χ0) is 7.82. The zero-order valence-electron chi connectivity index (χ0n) is 6.23. The van der Waals surface area contributed by atoms with E-state index < -0.39 is 0 Å². The Balaban J connectivity index is 2.84. The molecule has 3 nitrogen and oxygen atoms in total. The summed E-state index contributed by atoms with van der Waals surface area (Å²) in [5, 5.41) is 0. The predicted octanol–water partition coefficient (Wildman–Crippen LogP) is 0.705. The smallest absolute Gasteiger partial charge is 0.217 e. The minimum Gasteiger partial charge on any atom is -0.370 e. The second-order valence-corrected chi connectivity index (χ2v) is 2.38. The molecule has 0 unspecified atom stereocenters. The van der Waals surface area contributed by atoms with Crippen LogP contribution >= 0.6 is 0 Å². The van der Waals surface area contributed by atoms with E-state index in [1.165, 1.54) is 0 Å². The minimum absolute atomic E-state index is 0.217. The van der Waals surface area contributed by atoms with Crippen molar-refractivity contribution in [2.24, 2.45) is 5.73 Å². The lowest BCUT2D eigenvalue weighted by Gasteiger charge is -1.95. The number of hydrogen-bond acceptors (Lipinski definition) is 1. The molecular weight excluding hydrogens is 128 g/mol. The van der Waals surface area contributed by atoms with Gasteiger partial charge in [-0.1, -0.05) is 12.8 Å². The van der Waals surface area contributed by atoms with Crippen molar-refractivity contribution in [3.05, 3.63) is 0 Å². The Bertz CT molecular complexity index is 93.6. The van der Waals surface area contributed by atoms with Crippen molar-refractivity contribution in [2.75, 3.05) is 6.54 Å². The number of unbranched alkanes of at least 4 members (excludes halogenated alkanes) is 3. The number of nitrogens with one attached hydrogen (secondary N) is 1. The summed E-state index contributed by atoms with van der Waals surface area (Å²) in [6, 6.07) is 0. The number of hydrogen-bond donors (Lipinski definition) is 1. The third-order valence-corrected chi connectivity index (χ3v) is 1.35. The van der Waals surface area contributed by atoms with Crippen molar-refractivity contribution in [1.82, 2.24) is 5.73 Å². The molecule has 0 aromatic rings. The molecule has 0 aromatic carbocycles. The van der Waals surface area contributed by atoms with Crippen LogP contribution in [0.3, 0.4) is 0 Å². The van der Waals surface area contributed by atoms with Crippen molar-refractivity contribution < 1.29 is 4.79 Å². The third kappa shape index (κ3) is 7.43. The van der Waals surface area contributed by atoms with Crippen molar-refractivity contribution in [3.63, 3.8) is 0 Å². The first-order valence-corrected chi connectivity index (χ1v) is 3.70. The van der Waals surface area contributed by atoms with E-state index in [0.29, 0.717) is 13.0 Å². The predicted molar refractivity (Wildman–Crippen MR) is 40.2 cm³/mol. The summed E-state index contributed by atoms with van der Waals surface area (Å²) in [5.41, 5.74) is 11.8. The molecule has 0 aromatic heterocycles. The molecule has 0 heterocycles. The summed E-state index contributed by atoms with van der Waals surface area (Å²) in [7, 11) is 0. The van der Waals surface area contributed by atoms with Crippen molar-refractivity contribution in [1.29, 1.82) is 0 Å². The van der Waals surface area contributed by atoms with Crippen LogP contribution in [0.15, 0.2) is 0 Å². The number of primary amides is 1. The van der Waals surface area contributed by atoms with E-state index in [9.17, 15) is 4.79 Å². The van der Waals surface area contributed by atoms with Crippen molar-refractivity contribution in [2.45, 2.75) is 32.1 Å². The highest BCUT2D eigenvalue weighted by atomic mass is 16.1. The molecule has 0 bridgehead atoms. The first-order chi connectivity index (χ1) is 4.77. The molecular formula is C7H15N2O. The van der Waals surface area contributed by atoms with E-state index in [2.05, 4.69) is 0 Å². The average molecular weight is 143 g/mol. The van der Waals surface area contributed by atoms with E-state index in [4.69, 9.17) is 11.5 Å². The maximum absolute atomic E-state index is 10.2. The van der Waals surface area contributed by atoms with Gasteiger partial charge in [-0.3, -0.25) is 10.5 Å². The van der Waals surface area contributed by atoms with Gasteiger partial charge in [-0.05, 0) is 12.8 Å². The van der Waals surface area contributed by atoms with Crippen LogP contribution in [-0.4, -0.2) is 12.5 Å². The molecule has 59 valence electrons. The molecule has 0 fully saturated rings. The zero-order valence-corrected chi connectivity index (χ0v) is 6.23. The summed E-state index contributed by atoms with van der Waals surface area (Å²) >= 11 is 0. The number of carbonyl (C=O) groups is 1. The van der Waals surface area contributed by atoms with Gasteiger partial charge in [-0.25, -0.2) is 0 Å². The first kappa shape index (κ1) is 9.43. The summed E-state index contributed by atoms with van der Waals surface area (Å²) in [6.45, 7) is 0.497. The number of amides is 1. The molecule has 10 heavy (non-hydrogen) atoms. The van der Waals surface area contributed by atoms with Gasteiger partial charge in [0.05, 0.1) is 0 Å². The fourth-order valence-corrected chi connectivity index (χ4v) is 0.778. The lowest BCUT2D eigenvalue weighted by Crippen LogP contribution is -2.09. The highest BCUT2D eigenvalue weighted by Gasteiger charge is 1.92. The highest BCUT2D eigenvalue weighted by molar-refractivity contribution is 5.73. The van der Waals surface area contributed by atoms with Crippen LogP contribution in [-0.2, 0) is 4.79 Å². The topological polar surface area (TPSA) is 66.9 Å². The standard InChI is InChI=1S/C7H15N2O/c8-6-4-2-1-3-5-7(9)10/h8H,1-6H2,(H2,9,10). The van der Waals surface area contributed by atoms with Gasteiger partial charge in [-0.2, -0.15) is 0 Å². The van der Waals surface area contributed by atoms with Crippen molar-refractivity contribution in [3.8, 4) is 0 Å². The molecule has 0 saturated heterocycles. The largest absolute Gasteiger partial charge is 0.370 e. The second kappa shape index (κ2) is 6.55. The number of rotatable bonds is 6. The van der Waals surface area contributed by atoms with Crippen LogP contribution in [0.2, 0.25) is 0 Å². The second-order valence-electron chi connectivity index (χ2n) is 2.38. The van der Waals surface area contributed by atoms with E-state index in [1.54, 1.807) is 0 Å². The maximum Gasteiger partial charge on any atom is 0.217 e. The number of carbonyl (C=O) groups excluding carboxylic acids is 1. The summed E-state index contributed by atoms with van der Waals surface area (Å²) < 4.78 is 0. The Morgan fingerprint density at radius 1 is 1.20 bits per heavy atom. The van der Waals surface area contributed by atoms with Crippen LogP contribution < -0.4 is 11.5 Å². The van der Waals surface area contributed by atoms with Crippen LogP contribution in [0, 0.1) is 0 Å². The molecule has 0 atom stereocenters. The van der Waals surface area contributed by atoms with Crippen LogP contribution in [0.4, 0.5) is 0 Å². The lowest BCUT2D eigenvalue weighted by molar-refractivity contribution is -0.118. The highest BCUT2D eigenvalue weighted by Crippen LogP contribution is 2.00. The molecule has 0 rings (SSSR count). The fourth-order valence-electron chi connectivity index (χ4n) is 0.778. The summed E-state index contributed by atoms with van der Waals surface area (Å²) in [5.74, 6) is -0.217. The normalized spacial score (nSPS) is 9.70. The molecule has 0 aliphatic carbocycles. The molecule has 3 N–H and O–H groups in total. The Hall–Kier alpha value is -0.570. The van der Waals surface area contributed by atoms with Crippen LogP contribution in [0.25, 0.3) is 0 Å². The lowest BCUT2D eigenvalue weighted by atomic mass is 10.1. The van der Waals surface area contributed by atoms with E-state index in [1.807, 2.05) is 0 Å². The molecule has 3 heteroatoms. The van der Waals surface area contributed by atoms with Gasteiger partial charge in [0.2, 0.25) is 5.91 Å². The minimum atomic E-state index is -0.217. The van der Waals surface area contributed by atoms with Gasteiger partial charge < -0.3 is 5.73 Å². The fraction of sp³-hybridized carbons (Fsp3) is 0.857. The summed E-state index contributed by atoms with van der Waals surface area (Å²) in [4.78, 5) is 10.2. The molecule has 0 spiro atoms. The van der Waals surface area contributed by atoms with Gasteiger partial charge >= 0.3 is 0 Å². The Labute approximate surface area is 61.8 Å². The molecule has 0 saturated carbocycles. The van der Waals surface area contributed by atoms with E-state index in [-0.39, 0.29) is 5.91 Å². The molecule has 1 amide bonds. The third-order valence-electron chi connectivity index (χ3n) is 1.35. The van der Waals surface area contributed by atoms with Gasteiger partial charge in [0.1, 0.15) is 0 Å².